The molecule has 0 aliphatic rings. The van der Waals surface area contributed by atoms with Crippen LogP contribution in [-0.4, -0.2) is 29.1 Å². The lowest BCUT2D eigenvalue weighted by Crippen LogP contribution is -2.50. The molecule has 148 valence electrons. The monoisotopic (exact) mass is 383 g/mol. The number of carbonyl (C=O) groups is 3. The third-order valence-electron chi connectivity index (χ3n) is 4.26. The van der Waals surface area contributed by atoms with Crippen LogP contribution < -0.4 is 16.0 Å². The lowest BCUT2D eigenvalue weighted by Gasteiger charge is -2.22. The van der Waals surface area contributed by atoms with E-state index in [-0.39, 0.29) is 17.4 Å². The molecule has 2 aromatic rings. The highest BCUT2D eigenvalue weighted by molar-refractivity contribution is 5.98. The Bertz CT molecular complexity index is 850. The van der Waals surface area contributed by atoms with Gasteiger partial charge in [0.25, 0.3) is 0 Å². The predicted molar refractivity (Wildman–Crippen MR) is 107 cm³/mol. The topological polar surface area (TPSA) is 108 Å². The molecule has 0 aromatic heterocycles. The van der Waals surface area contributed by atoms with E-state index in [9.17, 15) is 14.4 Å². The van der Waals surface area contributed by atoms with Crippen molar-refractivity contribution in [3.8, 4) is 0 Å². The number of hydrogen-bond acceptors (Lipinski definition) is 3. The van der Waals surface area contributed by atoms with E-state index >= 15 is 0 Å². The first-order chi connectivity index (χ1) is 13.3. The molecule has 2 aromatic carbocycles. The van der Waals surface area contributed by atoms with Crippen molar-refractivity contribution >= 4 is 23.6 Å². The summed E-state index contributed by atoms with van der Waals surface area (Å²) >= 11 is 0. The average Bonchev–Trinajstić information content (AvgIpc) is 2.64. The van der Waals surface area contributed by atoms with Gasteiger partial charge in [0.2, 0.25) is 5.91 Å². The van der Waals surface area contributed by atoms with E-state index in [1.807, 2.05) is 44.2 Å². The second-order valence-electron chi connectivity index (χ2n) is 6.86. The highest BCUT2D eigenvalue weighted by Gasteiger charge is 2.24. The number of carboxylic acids is 1. The quantitative estimate of drug-likeness (QED) is 0.589. The molecule has 0 bridgehead atoms. The number of rotatable bonds is 7. The van der Waals surface area contributed by atoms with E-state index in [0.717, 1.165) is 5.56 Å². The van der Waals surface area contributed by atoms with Gasteiger partial charge in [-0.2, -0.15) is 0 Å². The minimum atomic E-state index is -1.02. The van der Waals surface area contributed by atoms with Gasteiger partial charge in [0.05, 0.1) is 5.56 Å². The molecule has 0 heterocycles. The number of aromatic carboxylic acids is 1. The highest BCUT2D eigenvalue weighted by Crippen LogP contribution is 2.16. The zero-order valence-electron chi connectivity index (χ0n) is 16.2. The molecular formula is C21H25N3O4. The fourth-order valence-electron chi connectivity index (χ4n) is 2.71. The maximum Gasteiger partial charge on any atom is 0.335 e. The molecule has 0 fully saturated rings. The third-order valence-corrected chi connectivity index (χ3v) is 4.26. The largest absolute Gasteiger partial charge is 0.478 e. The molecule has 0 saturated heterocycles. The Labute approximate surface area is 164 Å². The van der Waals surface area contributed by atoms with E-state index in [4.69, 9.17) is 5.11 Å². The van der Waals surface area contributed by atoms with Crippen LogP contribution in [0.4, 0.5) is 10.5 Å². The second kappa shape index (κ2) is 9.55. The van der Waals surface area contributed by atoms with Crippen LogP contribution in [0.3, 0.4) is 0 Å². The summed E-state index contributed by atoms with van der Waals surface area (Å²) in [7, 11) is 0. The van der Waals surface area contributed by atoms with E-state index in [2.05, 4.69) is 16.0 Å². The van der Waals surface area contributed by atoms with Crippen molar-refractivity contribution in [2.24, 2.45) is 5.92 Å². The number of aryl methyl sites for hydroxylation is 1. The van der Waals surface area contributed by atoms with Crippen molar-refractivity contribution in [3.05, 3.63) is 65.2 Å². The minimum absolute atomic E-state index is 0.137. The molecular weight excluding hydrogens is 358 g/mol. The Morgan fingerprint density at radius 1 is 1.04 bits per heavy atom. The second-order valence-corrected chi connectivity index (χ2v) is 6.86. The van der Waals surface area contributed by atoms with Crippen LogP contribution in [0.1, 0.15) is 35.3 Å². The summed E-state index contributed by atoms with van der Waals surface area (Å²) in [6.07, 6.45) is 0. The van der Waals surface area contributed by atoms with Crippen LogP contribution in [0.15, 0.2) is 48.5 Å². The molecule has 3 amide bonds. The van der Waals surface area contributed by atoms with Crippen molar-refractivity contribution in [2.45, 2.75) is 33.4 Å². The molecule has 28 heavy (non-hydrogen) atoms. The molecule has 4 N–H and O–H groups in total. The molecule has 2 rings (SSSR count). The number of hydrogen-bond donors (Lipinski definition) is 4. The van der Waals surface area contributed by atoms with Crippen molar-refractivity contribution < 1.29 is 19.5 Å². The van der Waals surface area contributed by atoms with Gasteiger partial charge in [-0.3, -0.25) is 4.79 Å². The number of amides is 3. The smallest absolute Gasteiger partial charge is 0.335 e. The van der Waals surface area contributed by atoms with Gasteiger partial charge in [-0.1, -0.05) is 44.2 Å². The first kappa shape index (κ1) is 21.0. The fraction of sp³-hybridized carbons (Fsp3) is 0.286. The van der Waals surface area contributed by atoms with Gasteiger partial charge < -0.3 is 21.1 Å². The number of anilines is 1. The Morgan fingerprint density at radius 3 is 2.29 bits per heavy atom. The number of carboxylic acid groups (broad SMARTS) is 1. The molecule has 7 nitrogen and oxygen atoms in total. The maximum absolute atomic E-state index is 12.6. The van der Waals surface area contributed by atoms with Gasteiger partial charge in [-0.05, 0) is 42.2 Å². The maximum atomic E-state index is 12.6. The summed E-state index contributed by atoms with van der Waals surface area (Å²) in [5, 5.41) is 17.3. The highest BCUT2D eigenvalue weighted by atomic mass is 16.4. The molecule has 0 radical (unpaired) electrons. The van der Waals surface area contributed by atoms with Crippen molar-refractivity contribution in [1.82, 2.24) is 10.6 Å². The third kappa shape index (κ3) is 5.84. The first-order valence-corrected chi connectivity index (χ1v) is 9.01. The summed E-state index contributed by atoms with van der Waals surface area (Å²) < 4.78 is 0. The Balaban J connectivity index is 1.98. The molecule has 1 unspecified atom stereocenters. The average molecular weight is 383 g/mol. The molecule has 1 atom stereocenters. The zero-order chi connectivity index (χ0) is 20.7. The molecule has 0 aliphatic heterocycles. The van der Waals surface area contributed by atoms with Gasteiger partial charge in [0.15, 0.2) is 0 Å². The zero-order valence-corrected chi connectivity index (χ0v) is 16.2. The Morgan fingerprint density at radius 2 is 1.71 bits per heavy atom. The van der Waals surface area contributed by atoms with Gasteiger partial charge in [-0.15, -0.1) is 0 Å². The summed E-state index contributed by atoms with van der Waals surface area (Å²) in [6, 6.07) is 12.9. The van der Waals surface area contributed by atoms with Crippen LogP contribution in [0.5, 0.6) is 0 Å². The molecule has 0 aliphatic carbocycles. The normalized spacial score (nSPS) is 11.6. The number of urea groups is 1. The fourth-order valence-corrected chi connectivity index (χ4v) is 2.71. The number of benzene rings is 2. The lowest BCUT2D eigenvalue weighted by molar-refractivity contribution is -0.118. The summed E-state index contributed by atoms with van der Waals surface area (Å²) in [5.74, 6) is -1.53. The van der Waals surface area contributed by atoms with Crippen molar-refractivity contribution in [2.75, 3.05) is 5.32 Å². The van der Waals surface area contributed by atoms with Crippen molar-refractivity contribution in [3.63, 3.8) is 0 Å². The summed E-state index contributed by atoms with van der Waals surface area (Å²) in [5.41, 5.74) is 2.15. The number of nitrogens with one attached hydrogen (secondary N) is 3. The number of carbonyl (C=O) groups excluding carboxylic acids is 2. The van der Waals surface area contributed by atoms with Crippen LogP contribution in [0.25, 0.3) is 0 Å². The Hall–Kier alpha value is -3.35. The van der Waals surface area contributed by atoms with Crippen LogP contribution in [0.2, 0.25) is 0 Å². The van der Waals surface area contributed by atoms with Crippen LogP contribution in [0, 0.1) is 12.8 Å². The van der Waals surface area contributed by atoms with Crippen molar-refractivity contribution in [1.29, 1.82) is 0 Å². The van der Waals surface area contributed by atoms with Gasteiger partial charge in [-0.25, -0.2) is 9.59 Å². The lowest BCUT2D eigenvalue weighted by atomic mass is 10.0. The van der Waals surface area contributed by atoms with Gasteiger partial charge in [0, 0.05) is 12.2 Å². The molecule has 7 heteroatoms. The molecule has 0 spiro atoms. The van der Waals surface area contributed by atoms with E-state index in [0.29, 0.717) is 17.8 Å². The van der Waals surface area contributed by atoms with Crippen LogP contribution in [-0.2, 0) is 11.3 Å². The minimum Gasteiger partial charge on any atom is -0.478 e. The first-order valence-electron chi connectivity index (χ1n) is 9.01. The van der Waals surface area contributed by atoms with E-state index in [1.165, 1.54) is 12.1 Å². The SMILES string of the molecule is Cc1cc(NC(=O)C(NC(=O)NCc2ccccc2)C(C)C)ccc1C(=O)O. The van der Waals surface area contributed by atoms with E-state index < -0.39 is 18.0 Å². The van der Waals surface area contributed by atoms with E-state index in [1.54, 1.807) is 13.0 Å². The van der Waals surface area contributed by atoms with Gasteiger partial charge in [0.1, 0.15) is 6.04 Å². The standard InChI is InChI=1S/C21H25N3O4/c1-13(2)18(24-21(28)22-12-15-7-5-4-6-8-15)19(25)23-16-9-10-17(20(26)27)14(3)11-16/h4-11,13,18H,12H2,1-3H3,(H,23,25)(H,26,27)(H2,22,24,28). The summed E-state index contributed by atoms with van der Waals surface area (Å²) in [4.78, 5) is 35.9. The predicted octanol–water partition coefficient (Wildman–Crippen LogP) is 3.16. The van der Waals surface area contributed by atoms with Crippen LogP contribution >= 0.6 is 0 Å². The summed E-state index contributed by atoms with van der Waals surface area (Å²) in [6.45, 7) is 5.68. The van der Waals surface area contributed by atoms with Gasteiger partial charge >= 0.3 is 12.0 Å². The Kier molecular flexibility index (Phi) is 7.14. The molecule has 0 saturated carbocycles.